The van der Waals surface area contributed by atoms with E-state index >= 15 is 0 Å². The van der Waals surface area contributed by atoms with Crippen LogP contribution in [0.4, 0.5) is 0 Å². The average molecular weight is 351 g/mol. The number of aromatic nitrogens is 2. The van der Waals surface area contributed by atoms with Gasteiger partial charge >= 0.3 is 0 Å². The van der Waals surface area contributed by atoms with Crippen LogP contribution in [-0.2, 0) is 0 Å². The molecule has 0 bridgehead atoms. The predicted molar refractivity (Wildman–Crippen MR) is 85.4 cm³/mol. The summed E-state index contributed by atoms with van der Waals surface area (Å²) in [5.41, 5.74) is 3.73. The lowest BCUT2D eigenvalue weighted by Crippen LogP contribution is -2.05. The van der Waals surface area contributed by atoms with Crippen LogP contribution in [0, 0.1) is 20.8 Å². The minimum absolute atomic E-state index is 0.0713. The molecule has 0 saturated heterocycles. The zero-order chi connectivity index (χ0) is 14.7. The summed E-state index contributed by atoms with van der Waals surface area (Å²) >= 11 is 4.77. The third kappa shape index (κ3) is 3.46. The Bertz CT molecular complexity index is 635. The molecule has 0 unspecified atom stereocenters. The van der Waals surface area contributed by atoms with Gasteiger partial charge in [-0.05, 0) is 32.4 Å². The number of halogens is 1. The summed E-state index contributed by atoms with van der Waals surface area (Å²) in [4.78, 5) is 21.0. The molecule has 1 aromatic carbocycles. The van der Waals surface area contributed by atoms with Gasteiger partial charge in [-0.3, -0.25) is 4.79 Å². The Morgan fingerprint density at radius 2 is 1.75 bits per heavy atom. The molecule has 2 aromatic rings. The quantitative estimate of drug-likeness (QED) is 0.472. The van der Waals surface area contributed by atoms with Crippen LogP contribution in [0.3, 0.4) is 0 Å². The van der Waals surface area contributed by atoms with Crippen molar-refractivity contribution in [3.63, 3.8) is 0 Å². The molecule has 104 valence electrons. The van der Waals surface area contributed by atoms with Crippen molar-refractivity contribution in [2.24, 2.45) is 0 Å². The Hall–Kier alpha value is -1.20. The molecule has 0 N–H and O–H groups in total. The van der Waals surface area contributed by atoms with Crippen LogP contribution >= 0.6 is 27.7 Å². The molecule has 0 spiro atoms. The fourth-order valence-corrected chi connectivity index (χ4v) is 3.03. The largest absolute Gasteiger partial charge is 0.293 e. The van der Waals surface area contributed by atoms with Crippen molar-refractivity contribution in [2.45, 2.75) is 25.9 Å². The summed E-state index contributed by atoms with van der Waals surface area (Å²) in [6.45, 7) is 5.93. The highest BCUT2D eigenvalue weighted by Crippen LogP contribution is 2.21. The van der Waals surface area contributed by atoms with E-state index in [9.17, 15) is 4.79 Å². The average Bonchev–Trinajstić information content (AvgIpc) is 2.42. The summed E-state index contributed by atoms with van der Waals surface area (Å²) in [5.74, 6) is 0.409. The fourth-order valence-electron chi connectivity index (χ4n) is 1.70. The van der Waals surface area contributed by atoms with Crippen LogP contribution in [0.5, 0.6) is 0 Å². The fraction of sp³-hybridized carbons (Fsp3) is 0.267. The normalized spacial score (nSPS) is 10.6. The van der Waals surface area contributed by atoms with Crippen molar-refractivity contribution in [3.05, 3.63) is 51.3 Å². The highest BCUT2D eigenvalue weighted by Gasteiger charge is 2.12. The number of Topliss-reactive ketones (excluding diaryl/α,β-unsaturated/α-hetero) is 1. The Kier molecular flexibility index (Phi) is 4.94. The van der Waals surface area contributed by atoms with Crippen molar-refractivity contribution >= 4 is 33.5 Å². The van der Waals surface area contributed by atoms with Gasteiger partial charge in [0.05, 0.1) is 5.75 Å². The zero-order valence-electron chi connectivity index (χ0n) is 11.6. The SMILES string of the molecule is Cc1nc(SCC(=O)c2ccccc2Br)nc(C)c1C. The highest BCUT2D eigenvalue weighted by atomic mass is 79.9. The lowest BCUT2D eigenvalue weighted by Gasteiger charge is -2.07. The maximum Gasteiger partial charge on any atom is 0.188 e. The maximum atomic E-state index is 12.2. The second-order valence-electron chi connectivity index (χ2n) is 4.49. The van der Waals surface area contributed by atoms with Gasteiger partial charge in [0, 0.05) is 21.4 Å². The Labute approximate surface area is 131 Å². The molecule has 0 aliphatic carbocycles. The van der Waals surface area contributed by atoms with Crippen LogP contribution in [0.1, 0.15) is 27.3 Å². The Balaban J connectivity index is 2.10. The zero-order valence-corrected chi connectivity index (χ0v) is 14.0. The molecule has 0 aliphatic heterocycles. The van der Waals surface area contributed by atoms with Crippen molar-refractivity contribution in [1.82, 2.24) is 9.97 Å². The van der Waals surface area contributed by atoms with Gasteiger partial charge in [0.2, 0.25) is 0 Å². The van der Waals surface area contributed by atoms with Gasteiger partial charge in [-0.15, -0.1) is 0 Å². The number of thioether (sulfide) groups is 1. The Morgan fingerprint density at radius 3 is 2.35 bits per heavy atom. The second kappa shape index (κ2) is 6.50. The van der Waals surface area contributed by atoms with E-state index in [0.29, 0.717) is 16.5 Å². The summed E-state index contributed by atoms with van der Waals surface area (Å²) in [6, 6.07) is 7.44. The molecular weight excluding hydrogens is 336 g/mol. The van der Waals surface area contributed by atoms with Crippen LogP contribution in [0.15, 0.2) is 33.9 Å². The van der Waals surface area contributed by atoms with Crippen LogP contribution in [0.25, 0.3) is 0 Å². The molecule has 2 rings (SSSR count). The van der Waals surface area contributed by atoms with E-state index < -0.39 is 0 Å². The topological polar surface area (TPSA) is 42.9 Å². The van der Waals surface area contributed by atoms with Gasteiger partial charge in [0.15, 0.2) is 10.9 Å². The first-order chi connectivity index (χ1) is 9.49. The molecule has 0 amide bonds. The Morgan fingerprint density at radius 1 is 1.15 bits per heavy atom. The first kappa shape index (κ1) is 15.2. The molecule has 0 atom stereocenters. The van der Waals surface area contributed by atoms with Crippen LogP contribution in [-0.4, -0.2) is 21.5 Å². The smallest absolute Gasteiger partial charge is 0.188 e. The van der Waals surface area contributed by atoms with E-state index in [-0.39, 0.29) is 5.78 Å². The molecule has 20 heavy (non-hydrogen) atoms. The highest BCUT2D eigenvalue weighted by molar-refractivity contribution is 9.10. The number of carbonyl (C=O) groups is 1. The number of hydrogen-bond acceptors (Lipinski definition) is 4. The van der Waals surface area contributed by atoms with E-state index in [4.69, 9.17) is 0 Å². The van der Waals surface area contributed by atoms with Gasteiger partial charge in [-0.2, -0.15) is 0 Å². The number of aryl methyl sites for hydroxylation is 2. The lowest BCUT2D eigenvalue weighted by atomic mass is 10.1. The van der Waals surface area contributed by atoms with Gasteiger partial charge in [0.1, 0.15) is 0 Å². The van der Waals surface area contributed by atoms with Crippen molar-refractivity contribution in [2.75, 3.05) is 5.75 Å². The molecule has 0 radical (unpaired) electrons. The van der Waals surface area contributed by atoms with E-state index in [1.54, 1.807) is 0 Å². The minimum Gasteiger partial charge on any atom is -0.293 e. The number of hydrogen-bond donors (Lipinski definition) is 0. The molecule has 1 heterocycles. The van der Waals surface area contributed by atoms with Crippen molar-refractivity contribution in [1.29, 1.82) is 0 Å². The van der Waals surface area contributed by atoms with Crippen molar-refractivity contribution < 1.29 is 4.79 Å². The summed E-state index contributed by atoms with van der Waals surface area (Å²) in [6.07, 6.45) is 0. The van der Waals surface area contributed by atoms with Gasteiger partial charge in [-0.25, -0.2) is 9.97 Å². The molecule has 0 aliphatic rings. The second-order valence-corrected chi connectivity index (χ2v) is 6.29. The molecule has 1 aromatic heterocycles. The molecule has 3 nitrogen and oxygen atoms in total. The third-order valence-electron chi connectivity index (χ3n) is 3.12. The van der Waals surface area contributed by atoms with Crippen molar-refractivity contribution in [3.8, 4) is 0 Å². The number of ketones is 1. The first-order valence-electron chi connectivity index (χ1n) is 6.21. The van der Waals surface area contributed by atoms with Crippen LogP contribution in [0.2, 0.25) is 0 Å². The number of benzene rings is 1. The number of nitrogens with zero attached hydrogens (tertiary/aromatic N) is 2. The maximum absolute atomic E-state index is 12.2. The molecule has 0 fully saturated rings. The van der Waals surface area contributed by atoms with E-state index in [1.807, 2.05) is 45.0 Å². The first-order valence-corrected chi connectivity index (χ1v) is 7.99. The summed E-state index contributed by atoms with van der Waals surface area (Å²) in [7, 11) is 0. The molecule has 0 saturated carbocycles. The standard InChI is InChI=1S/C15H15BrN2OS/c1-9-10(2)17-15(18-11(9)3)20-8-14(19)12-6-4-5-7-13(12)16/h4-7H,8H2,1-3H3. The predicted octanol–water partition coefficient (Wildman–Crippen LogP) is 4.14. The van der Waals surface area contributed by atoms with E-state index in [0.717, 1.165) is 21.4 Å². The lowest BCUT2D eigenvalue weighted by molar-refractivity contribution is 0.102. The number of carbonyl (C=O) groups excluding carboxylic acids is 1. The van der Waals surface area contributed by atoms with Gasteiger partial charge in [0.25, 0.3) is 0 Å². The molecule has 5 heteroatoms. The van der Waals surface area contributed by atoms with Gasteiger partial charge in [-0.1, -0.05) is 45.9 Å². The van der Waals surface area contributed by atoms with Gasteiger partial charge < -0.3 is 0 Å². The summed E-state index contributed by atoms with van der Waals surface area (Å²) in [5, 5.41) is 0.658. The van der Waals surface area contributed by atoms with E-state index in [1.165, 1.54) is 11.8 Å². The minimum atomic E-state index is 0.0713. The summed E-state index contributed by atoms with van der Waals surface area (Å²) < 4.78 is 0.822. The van der Waals surface area contributed by atoms with Crippen LogP contribution < -0.4 is 0 Å². The monoisotopic (exact) mass is 350 g/mol. The number of rotatable bonds is 4. The molecular formula is C15H15BrN2OS. The third-order valence-corrected chi connectivity index (χ3v) is 4.66. The van der Waals surface area contributed by atoms with E-state index in [2.05, 4.69) is 25.9 Å².